The van der Waals surface area contributed by atoms with Gasteiger partial charge in [-0.05, 0) is 6.26 Å². The van der Waals surface area contributed by atoms with Crippen LogP contribution in [0.2, 0.25) is 0 Å². The third-order valence-corrected chi connectivity index (χ3v) is 3.04. The van der Waals surface area contributed by atoms with Crippen molar-refractivity contribution in [3.63, 3.8) is 0 Å². The van der Waals surface area contributed by atoms with Crippen molar-refractivity contribution in [2.45, 2.75) is 0 Å². The van der Waals surface area contributed by atoms with Gasteiger partial charge in [-0.1, -0.05) is 21.6 Å². The molecule has 1 atom stereocenters. The second-order valence-corrected chi connectivity index (χ2v) is 4.36. The molecule has 0 bridgehead atoms. The fourth-order valence-electron chi connectivity index (χ4n) is 0.167. The Hall–Kier alpha value is 0.800. The molecule has 0 fully saturated rings. The van der Waals surface area contributed by atoms with E-state index in [0.717, 1.165) is 11.9 Å². The van der Waals surface area contributed by atoms with Gasteiger partial charge in [0, 0.05) is 11.9 Å². The Labute approximate surface area is 53.2 Å². The van der Waals surface area contributed by atoms with Crippen LogP contribution in [0.1, 0.15) is 0 Å². The van der Waals surface area contributed by atoms with Crippen molar-refractivity contribution in [2.75, 3.05) is 18.2 Å². The van der Waals surface area contributed by atoms with Crippen LogP contribution < -0.4 is 0 Å². The summed E-state index contributed by atoms with van der Waals surface area (Å²) < 4.78 is 9.81. The van der Waals surface area contributed by atoms with Crippen molar-refractivity contribution < 1.29 is 4.57 Å². The zero-order valence-electron chi connectivity index (χ0n) is 4.14. The van der Waals surface area contributed by atoms with Crippen molar-refractivity contribution in [3.8, 4) is 0 Å². The van der Waals surface area contributed by atoms with E-state index in [1.165, 1.54) is 0 Å². The molecule has 0 saturated heterocycles. The highest BCUT2D eigenvalue weighted by Gasteiger charge is 1.80. The van der Waals surface area contributed by atoms with Crippen LogP contribution in [-0.2, 0) is 4.57 Å². The summed E-state index contributed by atoms with van der Waals surface area (Å²) in [4.78, 5) is 0. The molecule has 1 unspecified atom stereocenters. The van der Waals surface area contributed by atoms with Crippen molar-refractivity contribution in [3.05, 3.63) is 0 Å². The van der Waals surface area contributed by atoms with Crippen LogP contribution in [0.5, 0.6) is 0 Å². The van der Waals surface area contributed by atoms with Crippen molar-refractivity contribution in [1.82, 2.24) is 0 Å². The van der Waals surface area contributed by atoms with E-state index in [1.54, 1.807) is 21.6 Å². The third-order valence-electron chi connectivity index (χ3n) is 0.405. The fraction of sp³-hybridized carbons (Fsp3) is 1.00. The number of rotatable bonds is 4. The predicted molar refractivity (Wildman–Crippen MR) is 39.8 cm³/mol. The molecule has 0 aliphatic rings. The van der Waals surface area contributed by atoms with Crippen LogP contribution in [0.15, 0.2) is 0 Å². The van der Waals surface area contributed by atoms with Crippen LogP contribution in [-0.4, -0.2) is 18.2 Å². The lowest BCUT2D eigenvalue weighted by atomic mass is 11.0. The zero-order valence-corrected chi connectivity index (χ0v) is 6.77. The molecule has 0 aliphatic heterocycles. The van der Waals surface area contributed by atoms with Crippen molar-refractivity contribution in [1.29, 1.82) is 0 Å². The number of hydrogen-bond donors (Lipinski definition) is 0. The molecule has 0 aliphatic carbocycles. The van der Waals surface area contributed by atoms with Gasteiger partial charge in [0.1, 0.15) is 0 Å². The van der Waals surface area contributed by atoms with Crippen LogP contribution in [0.3, 0.4) is 0 Å². The second-order valence-electron chi connectivity index (χ2n) is 0.883. The smallest absolute Gasteiger partial charge is 0.0589 e. The quantitative estimate of drug-likeness (QED) is 0.351. The number of hydrogen-bond acceptors (Lipinski definition) is 3. The lowest BCUT2D eigenvalue weighted by molar-refractivity contribution is 0.599. The highest BCUT2D eigenvalue weighted by Crippen LogP contribution is 2.17. The Morgan fingerprint density at radius 1 is 1.71 bits per heavy atom. The minimum absolute atomic E-state index is 0.117. The Kier molecular flexibility index (Phi) is 7.58. The van der Waals surface area contributed by atoms with E-state index >= 15 is 0 Å². The van der Waals surface area contributed by atoms with Crippen molar-refractivity contribution >= 4 is 30.0 Å². The first-order chi connectivity index (χ1) is 3.41. The summed E-state index contributed by atoms with van der Waals surface area (Å²) in [6.45, 7) is 0. The van der Waals surface area contributed by atoms with Gasteiger partial charge in [0.2, 0.25) is 0 Å². The standard InChI is InChI=1S/C3H8OPS2/c1-6-7-3-2-5-4/h5H,2-3H2,1H3. The summed E-state index contributed by atoms with van der Waals surface area (Å²) in [5, 5.41) is 0. The molecule has 43 valence electrons. The summed E-state index contributed by atoms with van der Waals surface area (Å²) >= 11 is 0. The Morgan fingerprint density at radius 2 is 2.43 bits per heavy atom. The van der Waals surface area contributed by atoms with E-state index in [9.17, 15) is 4.57 Å². The van der Waals surface area contributed by atoms with E-state index in [1.807, 2.05) is 6.26 Å². The Bertz CT molecular complexity index is 50.2. The van der Waals surface area contributed by atoms with Gasteiger partial charge in [-0.3, -0.25) is 4.57 Å². The maximum Gasteiger partial charge on any atom is 0.0589 e. The van der Waals surface area contributed by atoms with E-state index in [0.29, 0.717) is 0 Å². The second kappa shape index (κ2) is 6.80. The SMILES string of the molecule is CSSCC[PH]=O. The van der Waals surface area contributed by atoms with Gasteiger partial charge < -0.3 is 0 Å². The van der Waals surface area contributed by atoms with Crippen LogP contribution in [0.25, 0.3) is 0 Å². The van der Waals surface area contributed by atoms with Crippen LogP contribution in [0.4, 0.5) is 0 Å². The van der Waals surface area contributed by atoms with E-state index < -0.39 is 0 Å². The minimum Gasteiger partial charge on any atom is -0.290 e. The molecule has 0 N–H and O–H groups in total. The molecule has 0 heterocycles. The minimum atomic E-state index is -0.117. The molecule has 0 saturated carbocycles. The first kappa shape index (κ1) is 7.80. The molecule has 0 aromatic carbocycles. The highest BCUT2D eigenvalue weighted by molar-refractivity contribution is 8.76. The first-order valence-electron chi connectivity index (χ1n) is 1.92. The molecule has 7 heavy (non-hydrogen) atoms. The molecule has 0 spiro atoms. The summed E-state index contributed by atoms with van der Waals surface area (Å²) in [7, 11) is 3.36. The van der Waals surface area contributed by atoms with Crippen LogP contribution in [0, 0.1) is 0 Å². The molecule has 0 rings (SSSR count). The van der Waals surface area contributed by atoms with Gasteiger partial charge in [-0.25, -0.2) is 0 Å². The van der Waals surface area contributed by atoms with Crippen LogP contribution >= 0.6 is 30.0 Å². The van der Waals surface area contributed by atoms with E-state index in [4.69, 9.17) is 0 Å². The third kappa shape index (κ3) is 6.80. The maximum atomic E-state index is 9.81. The molecule has 0 aromatic heterocycles. The zero-order chi connectivity index (χ0) is 5.54. The predicted octanol–water partition coefficient (Wildman–Crippen LogP) is 2.02. The van der Waals surface area contributed by atoms with E-state index in [2.05, 4.69) is 0 Å². The maximum absolute atomic E-state index is 9.81. The summed E-state index contributed by atoms with van der Waals surface area (Å²) in [6.07, 6.45) is 2.87. The van der Waals surface area contributed by atoms with Gasteiger partial charge in [0.25, 0.3) is 0 Å². The molecule has 1 nitrogen and oxygen atoms in total. The summed E-state index contributed by atoms with van der Waals surface area (Å²) in [5.74, 6) is 1.02. The highest BCUT2D eigenvalue weighted by atomic mass is 33.1. The molecule has 0 aromatic rings. The van der Waals surface area contributed by atoms with E-state index in [-0.39, 0.29) is 8.46 Å². The Balaban J connectivity index is 2.56. The normalized spacial score (nSPS) is 9.86. The fourth-order valence-corrected chi connectivity index (χ4v) is 2.25. The molecular weight excluding hydrogens is 147 g/mol. The average molecular weight is 155 g/mol. The van der Waals surface area contributed by atoms with Crippen molar-refractivity contribution in [2.24, 2.45) is 0 Å². The van der Waals surface area contributed by atoms with Gasteiger partial charge >= 0.3 is 0 Å². The Morgan fingerprint density at radius 3 is 2.86 bits per heavy atom. The lowest BCUT2D eigenvalue weighted by Gasteiger charge is -1.85. The van der Waals surface area contributed by atoms with Gasteiger partial charge in [-0.15, -0.1) is 0 Å². The largest absolute Gasteiger partial charge is 0.290 e. The molecule has 0 amide bonds. The van der Waals surface area contributed by atoms with Gasteiger partial charge in [0.15, 0.2) is 0 Å². The summed E-state index contributed by atoms with van der Waals surface area (Å²) in [6, 6.07) is 0. The summed E-state index contributed by atoms with van der Waals surface area (Å²) in [5.41, 5.74) is 0. The first-order valence-corrected chi connectivity index (χ1v) is 5.76. The molecule has 4 heteroatoms. The monoisotopic (exact) mass is 155 g/mol. The lowest BCUT2D eigenvalue weighted by Crippen LogP contribution is -1.71. The average Bonchev–Trinajstić information content (AvgIpc) is 1.69. The van der Waals surface area contributed by atoms with Gasteiger partial charge in [0.05, 0.1) is 8.46 Å². The topological polar surface area (TPSA) is 17.1 Å². The van der Waals surface area contributed by atoms with Gasteiger partial charge in [-0.2, -0.15) is 0 Å². The molecule has 1 radical (unpaired) electrons. The molecular formula is C3H8OPS2.